The summed E-state index contributed by atoms with van der Waals surface area (Å²) in [4.78, 5) is 5.15. The maximum Gasteiger partial charge on any atom is 0.126 e. The molecule has 3 fully saturated rings. The van der Waals surface area contributed by atoms with Gasteiger partial charge in [0, 0.05) is 0 Å². The molecular formula is C36H54O3. The lowest BCUT2D eigenvalue weighted by molar-refractivity contribution is -0.296. The van der Waals surface area contributed by atoms with E-state index in [0.717, 1.165) is 59.7 Å². The maximum atomic E-state index is 9.97. The van der Waals surface area contributed by atoms with E-state index in [1.807, 2.05) is 24.3 Å². The smallest absolute Gasteiger partial charge is 0.126 e. The monoisotopic (exact) mass is 534 g/mol. The minimum Gasteiger partial charge on any atom is -0.466 e. The van der Waals surface area contributed by atoms with E-state index >= 15 is 0 Å². The molecule has 0 bridgehead atoms. The van der Waals surface area contributed by atoms with Crippen molar-refractivity contribution in [3.63, 3.8) is 0 Å². The highest BCUT2D eigenvalue weighted by Crippen LogP contribution is 2.68. The zero-order valence-corrected chi connectivity index (χ0v) is 25.3. The Morgan fingerprint density at radius 2 is 1.77 bits per heavy atom. The zero-order valence-electron chi connectivity index (χ0n) is 25.3. The van der Waals surface area contributed by atoms with E-state index in [9.17, 15) is 5.26 Å². The maximum absolute atomic E-state index is 9.97. The first-order valence-corrected chi connectivity index (χ1v) is 16.1. The third-order valence-electron chi connectivity index (χ3n) is 12.3. The third-order valence-corrected chi connectivity index (χ3v) is 12.3. The van der Waals surface area contributed by atoms with Crippen molar-refractivity contribution in [1.29, 1.82) is 0 Å². The van der Waals surface area contributed by atoms with Crippen LogP contribution in [0.25, 0.3) is 0 Å². The van der Waals surface area contributed by atoms with Crippen molar-refractivity contribution < 1.29 is 14.9 Å². The van der Waals surface area contributed by atoms with Gasteiger partial charge in [-0.2, -0.15) is 0 Å². The summed E-state index contributed by atoms with van der Waals surface area (Å²) in [6.07, 6.45) is 18.3. The van der Waals surface area contributed by atoms with Crippen LogP contribution < -0.4 is 4.74 Å². The Labute approximate surface area is 238 Å². The van der Waals surface area contributed by atoms with Crippen molar-refractivity contribution in [2.75, 3.05) is 0 Å². The van der Waals surface area contributed by atoms with Crippen molar-refractivity contribution >= 4 is 0 Å². The number of fused-ring (bicyclic) bond motifs is 5. The molecule has 1 N–H and O–H groups in total. The molecule has 0 radical (unpaired) electrons. The van der Waals surface area contributed by atoms with Crippen LogP contribution in [0, 0.1) is 52.3 Å². The molecular weight excluding hydrogens is 480 g/mol. The molecule has 3 saturated carbocycles. The van der Waals surface area contributed by atoms with Crippen LogP contribution in [-0.4, -0.2) is 5.26 Å². The molecule has 3 nitrogen and oxygen atoms in total. The summed E-state index contributed by atoms with van der Waals surface area (Å²) >= 11 is 0. The van der Waals surface area contributed by atoms with Crippen LogP contribution in [0.5, 0.6) is 5.75 Å². The summed E-state index contributed by atoms with van der Waals surface area (Å²) < 4.78 is 5.39. The third kappa shape index (κ3) is 5.40. The summed E-state index contributed by atoms with van der Waals surface area (Å²) in [5, 5.41) is 9.97. The van der Waals surface area contributed by atoms with E-state index < -0.39 is 0 Å². The molecule has 0 amide bonds. The van der Waals surface area contributed by atoms with E-state index in [4.69, 9.17) is 9.62 Å². The van der Waals surface area contributed by atoms with E-state index in [0.29, 0.717) is 16.7 Å². The van der Waals surface area contributed by atoms with Crippen molar-refractivity contribution in [2.45, 2.75) is 111 Å². The Bertz CT molecular complexity index is 1010. The molecule has 5 rings (SSSR count). The number of hydrogen-bond donors (Lipinski definition) is 1. The zero-order chi connectivity index (χ0) is 27.8. The van der Waals surface area contributed by atoms with Gasteiger partial charge in [0.15, 0.2) is 0 Å². The molecule has 0 heterocycles. The lowest BCUT2D eigenvalue weighted by atomic mass is 9.46. The Balaban J connectivity index is 1.28. The molecule has 0 aromatic heterocycles. The predicted molar refractivity (Wildman–Crippen MR) is 160 cm³/mol. The van der Waals surface area contributed by atoms with Gasteiger partial charge in [0.1, 0.15) is 11.9 Å². The predicted octanol–water partition coefficient (Wildman–Crippen LogP) is 10.4. The van der Waals surface area contributed by atoms with Crippen LogP contribution in [0.4, 0.5) is 0 Å². The summed E-state index contributed by atoms with van der Waals surface area (Å²) in [7, 11) is 0. The number of allylic oxidation sites excluding steroid dienone is 2. The highest BCUT2D eigenvalue weighted by molar-refractivity contribution is 5.31. The van der Waals surface area contributed by atoms with Crippen LogP contribution in [0.15, 0.2) is 48.8 Å². The molecule has 0 saturated heterocycles. The first-order valence-electron chi connectivity index (χ1n) is 16.1. The summed E-state index contributed by atoms with van der Waals surface area (Å²) in [6, 6.07) is 7.89. The van der Waals surface area contributed by atoms with Gasteiger partial charge in [0.2, 0.25) is 0 Å². The second-order valence-corrected chi connectivity index (χ2v) is 14.7. The van der Waals surface area contributed by atoms with Gasteiger partial charge < -0.3 is 4.74 Å². The highest BCUT2D eigenvalue weighted by Gasteiger charge is 2.59. The van der Waals surface area contributed by atoms with Gasteiger partial charge in [-0.3, -0.25) is 5.26 Å². The molecule has 0 spiro atoms. The first kappa shape index (κ1) is 28.9. The second kappa shape index (κ2) is 11.7. The summed E-state index contributed by atoms with van der Waals surface area (Å²) in [6.45, 7) is 16.2. The fraction of sp³-hybridized carbons (Fsp3) is 0.722. The quantitative estimate of drug-likeness (QED) is 0.140. The van der Waals surface area contributed by atoms with Gasteiger partial charge in [-0.05, 0) is 121 Å². The molecule has 4 aliphatic rings. The molecule has 216 valence electrons. The Hall–Kier alpha value is -1.58. The molecule has 4 aliphatic carbocycles. The van der Waals surface area contributed by atoms with Gasteiger partial charge in [0.05, 0.1) is 6.26 Å². The van der Waals surface area contributed by atoms with E-state index in [-0.39, 0.29) is 6.10 Å². The molecule has 39 heavy (non-hydrogen) atoms. The largest absolute Gasteiger partial charge is 0.466 e. The van der Waals surface area contributed by atoms with Gasteiger partial charge in [-0.15, -0.1) is 0 Å². The lowest BCUT2D eigenvalue weighted by Crippen LogP contribution is -2.50. The number of ether oxygens (including phenoxy) is 1. The standard InChI is InChI=1S/C36H54O3/c1-7-38-29-14-11-26(12-15-29)34(39-37)27-19-21-35(5)28(23-27)13-16-30-32-18-17-31(25(4)10-8-9-24(2)3)36(32,6)22-20-33(30)35/h7,11-15,24-25,27,30-34,37H,1,8-10,16-23H2,2-6H3. The molecule has 0 aliphatic heterocycles. The van der Waals surface area contributed by atoms with Crippen LogP contribution in [-0.2, 0) is 4.89 Å². The lowest BCUT2D eigenvalue weighted by Gasteiger charge is -2.59. The van der Waals surface area contributed by atoms with Gasteiger partial charge in [0.25, 0.3) is 0 Å². The van der Waals surface area contributed by atoms with Crippen molar-refractivity contribution in [2.24, 2.45) is 52.3 Å². The molecule has 1 aromatic carbocycles. The normalized spacial score (nSPS) is 37.3. The van der Waals surface area contributed by atoms with Gasteiger partial charge in [-0.1, -0.05) is 84.2 Å². The van der Waals surface area contributed by atoms with Crippen LogP contribution in [0.1, 0.15) is 117 Å². The SMILES string of the molecule is C=COc1ccc(C(OO)C2CCC3(C)C(=CCC4C3CCC3(C)C(C(C)CCCC(C)C)CCC43)C2)cc1. The number of hydrogen-bond acceptors (Lipinski definition) is 3. The fourth-order valence-electron chi connectivity index (χ4n) is 10.2. The number of rotatable bonds is 10. The van der Waals surface area contributed by atoms with Gasteiger partial charge in [-0.25, -0.2) is 4.89 Å². The Morgan fingerprint density at radius 3 is 2.46 bits per heavy atom. The number of benzene rings is 1. The van der Waals surface area contributed by atoms with Crippen molar-refractivity contribution in [3.05, 3.63) is 54.3 Å². The average Bonchev–Trinajstić information content (AvgIpc) is 3.27. The summed E-state index contributed by atoms with van der Waals surface area (Å²) in [5.41, 5.74) is 3.51. The average molecular weight is 535 g/mol. The fourth-order valence-corrected chi connectivity index (χ4v) is 10.2. The summed E-state index contributed by atoms with van der Waals surface area (Å²) in [5.74, 6) is 6.22. The van der Waals surface area contributed by atoms with E-state index in [1.54, 1.807) is 5.57 Å². The molecule has 1 aromatic rings. The Morgan fingerprint density at radius 1 is 1.00 bits per heavy atom. The van der Waals surface area contributed by atoms with Crippen LogP contribution in [0.3, 0.4) is 0 Å². The van der Waals surface area contributed by atoms with E-state index in [1.165, 1.54) is 64.0 Å². The Kier molecular flexibility index (Phi) is 8.70. The molecule has 9 unspecified atom stereocenters. The van der Waals surface area contributed by atoms with Crippen molar-refractivity contribution in [1.82, 2.24) is 0 Å². The van der Waals surface area contributed by atoms with Crippen LogP contribution in [0.2, 0.25) is 0 Å². The second-order valence-electron chi connectivity index (χ2n) is 14.7. The van der Waals surface area contributed by atoms with Gasteiger partial charge >= 0.3 is 0 Å². The minimum atomic E-state index is -0.298. The van der Waals surface area contributed by atoms with Crippen molar-refractivity contribution in [3.8, 4) is 5.75 Å². The van der Waals surface area contributed by atoms with Crippen LogP contribution >= 0.6 is 0 Å². The van der Waals surface area contributed by atoms with E-state index in [2.05, 4.69) is 47.3 Å². The molecule has 3 heteroatoms. The minimum absolute atomic E-state index is 0.298. The molecule has 9 atom stereocenters. The first-order chi connectivity index (χ1) is 18.7. The highest BCUT2D eigenvalue weighted by atomic mass is 17.1. The topological polar surface area (TPSA) is 38.7 Å².